The van der Waals surface area contributed by atoms with E-state index < -0.39 is 34.2 Å². The number of hydrogen-bond donors (Lipinski definition) is 1. The molecule has 0 atom stereocenters. The van der Waals surface area contributed by atoms with Crippen molar-refractivity contribution in [2.75, 3.05) is 19.5 Å². The normalized spacial score (nSPS) is 11.1. The number of hydrogen-bond acceptors (Lipinski definition) is 7. The molecule has 0 bridgehead atoms. The zero-order chi connectivity index (χ0) is 21.1. The second-order valence-electron chi connectivity index (χ2n) is 6.14. The lowest BCUT2D eigenvalue weighted by molar-refractivity contribution is 0.0472. The first-order valence-corrected chi connectivity index (χ1v) is 10.3. The molecule has 0 spiro atoms. The second kappa shape index (κ2) is 8.39. The van der Waals surface area contributed by atoms with Crippen molar-refractivity contribution in [3.05, 3.63) is 52.3 Å². The number of aromatic amines is 1. The van der Waals surface area contributed by atoms with Gasteiger partial charge in [-0.3, -0.25) is 4.79 Å². The lowest BCUT2D eigenvalue weighted by Crippen LogP contribution is -2.18. The molecule has 0 unspecified atom stereocenters. The van der Waals surface area contributed by atoms with Crippen LogP contribution >= 0.6 is 0 Å². The Morgan fingerprint density at radius 3 is 2.04 bits per heavy atom. The van der Waals surface area contributed by atoms with Crippen LogP contribution in [0.15, 0.2) is 29.2 Å². The summed E-state index contributed by atoms with van der Waals surface area (Å²) in [6, 6.07) is 5.18. The van der Waals surface area contributed by atoms with Gasteiger partial charge in [-0.15, -0.1) is 0 Å². The minimum Gasteiger partial charge on any atom is -0.462 e. The maximum absolute atomic E-state index is 12.5. The topological polar surface area (TPSA) is 120 Å². The van der Waals surface area contributed by atoms with Gasteiger partial charge in [-0.05, 0) is 45.0 Å². The number of ketones is 1. The van der Waals surface area contributed by atoms with Gasteiger partial charge in [0.15, 0.2) is 16.4 Å². The minimum atomic E-state index is -3.38. The van der Waals surface area contributed by atoms with Crippen molar-refractivity contribution in [1.82, 2.24) is 4.98 Å². The number of H-pyrrole nitrogens is 1. The van der Waals surface area contributed by atoms with Crippen LogP contribution in [0.25, 0.3) is 0 Å². The molecule has 28 heavy (non-hydrogen) atoms. The van der Waals surface area contributed by atoms with Crippen LogP contribution in [0.3, 0.4) is 0 Å². The van der Waals surface area contributed by atoms with Gasteiger partial charge in [0.2, 0.25) is 5.78 Å². The smallest absolute Gasteiger partial charge is 0.340 e. The van der Waals surface area contributed by atoms with Crippen molar-refractivity contribution in [3.63, 3.8) is 0 Å². The van der Waals surface area contributed by atoms with E-state index in [9.17, 15) is 22.8 Å². The van der Waals surface area contributed by atoms with Gasteiger partial charge in [0.1, 0.15) is 0 Å². The number of aromatic nitrogens is 1. The Kier molecular flexibility index (Phi) is 6.40. The Hall–Kier alpha value is -2.94. The van der Waals surface area contributed by atoms with Crippen molar-refractivity contribution in [2.45, 2.75) is 25.7 Å². The first kappa shape index (κ1) is 21.4. The van der Waals surface area contributed by atoms with Crippen LogP contribution in [0.1, 0.15) is 49.4 Å². The van der Waals surface area contributed by atoms with Crippen molar-refractivity contribution in [2.24, 2.45) is 0 Å². The number of esters is 2. The van der Waals surface area contributed by atoms with Gasteiger partial charge in [0.25, 0.3) is 0 Å². The average molecular weight is 407 g/mol. The molecule has 0 aliphatic carbocycles. The predicted molar refractivity (Wildman–Crippen MR) is 100 cm³/mol. The maximum Gasteiger partial charge on any atom is 0.340 e. The van der Waals surface area contributed by atoms with Gasteiger partial charge in [0.05, 0.1) is 28.2 Å². The molecule has 2 aromatic rings. The number of nitrogens with one attached hydrogen (secondary N) is 1. The van der Waals surface area contributed by atoms with Crippen LogP contribution in [0.5, 0.6) is 0 Å². The van der Waals surface area contributed by atoms with E-state index in [-0.39, 0.29) is 28.2 Å². The summed E-state index contributed by atoms with van der Waals surface area (Å²) in [5.41, 5.74) is 1.31. The molecule has 8 nitrogen and oxygen atoms in total. The van der Waals surface area contributed by atoms with Gasteiger partial charge in [-0.2, -0.15) is 0 Å². The number of ether oxygens (including phenoxy) is 2. The van der Waals surface area contributed by atoms with Crippen molar-refractivity contribution in [3.8, 4) is 0 Å². The van der Waals surface area contributed by atoms with E-state index in [1.165, 1.54) is 24.3 Å². The van der Waals surface area contributed by atoms with E-state index in [1.54, 1.807) is 20.8 Å². The average Bonchev–Trinajstić information content (AvgIpc) is 2.93. The van der Waals surface area contributed by atoms with Gasteiger partial charge in [-0.1, -0.05) is 0 Å². The second-order valence-corrected chi connectivity index (χ2v) is 8.16. The van der Waals surface area contributed by atoms with Crippen LogP contribution in [0, 0.1) is 13.8 Å². The van der Waals surface area contributed by atoms with Crippen molar-refractivity contribution >= 4 is 27.6 Å². The van der Waals surface area contributed by atoms with E-state index in [1.807, 2.05) is 0 Å². The Labute approximate surface area is 162 Å². The van der Waals surface area contributed by atoms with Gasteiger partial charge < -0.3 is 14.5 Å². The van der Waals surface area contributed by atoms with Crippen LogP contribution < -0.4 is 0 Å². The summed E-state index contributed by atoms with van der Waals surface area (Å²) in [6.07, 6.45) is 1.06. The molecule has 1 heterocycles. The molecule has 150 valence electrons. The molecule has 2 rings (SSSR count). The molecule has 0 saturated heterocycles. The third-order valence-corrected chi connectivity index (χ3v) is 5.11. The van der Waals surface area contributed by atoms with Gasteiger partial charge in [0, 0.05) is 17.6 Å². The monoisotopic (exact) mass is 407 g/mol. The molecule has 1 aromatic heterocycles. The van der Waals surface area contributed by atoms with Crippen LogP contribution in [-0.4, -0.2) is 50.6 Å². The number of benzene rings is 1. The Morgan fingerprint density at radius 1 is 0.929 bits per heavy atom. The van der Waals surface area contributed by atoms with Crippen molar-refractivity contribution in [1.29, 1.82) is 0 Å². The van der Waals surface area contributed by atoms with Crippen LogP contribution in [0.2, 0.25) is 0 Å². The Balaban J connectivity index is 2.14. The zero-order valence-corrected chi connectivity index (χ0v) is 16.8. The van der Waals surface area contributed by atoms with Gasteiger partial charge >= 0.3 is 11.9 Å². The maximum atomic E-state index is 12.5. The molecule has 0 aliphatic rings. The fourth-order valence-electron chi connectivity index (χ4n) is 2.71. The molecule has 0 amide bonds. The fourth-order valence-corrected chi connectivity index (χ4v) is 3.34. The minimum absolute atomic E-state index is 0.0672. The third-order valence-electron chi connectivity index (χ3n) is 3.99. The van der Waals surface area contributed by atoms with Crippen LogP contribution in [-0.2, 0) is 19.3 Å². The van der Waals surface area contributed by atoms with E-state index >= 15 is 0 Å². The zero-order valence-electron chi connectivity index (χ0n) is 16.0. The van der Waals surface area contributed by atoms with E-state index in [0.717, 1.165) is 6.26 Å². The number of sulfone groups is 1. The Morgan fingerprint density at radius 2 is 1.50 bits per heavy atom. The first-order valence-electron chi connectivity index (χ1n) is 8.43. The summed E-state index contributed by atoms with van der Waals surface area (Å²) in [7, 11) is -3.38. The summed E-state index contributed by atoms with van der Waals surface area (Å²) in [4.78, 5) is 39.8. The SMILES string of the molecule is CCOC(=O)c1c(C)[nH]c(C)c1C(=O)COC(=O)c1ccc(S(C)(=O)=O)cc1. The molecular weight excluding hydrogens is 386 g/mol. The summed E-state index contributed by atoms with van der Waals surface area (Å²) in [5.74, 6) is -1.96. The molecule has 1 aromatic carbocycles. The fraction of sp³-hybridized carbons (Fsp3) is 0.316. The number of carbonyl (C=O) groups is 3. The summed E-state index contributed by atoms with van der Waals surface area (Å²) in [5, 5.41) is 0. The standard InChI is InChI=1S/C19H21NO7S/c1-5-26-19(23)17-12(3)20-11(2)16(17)15(21)10-27-18(22)13-6-8-14(9-7-13)28(4,24)25/h6-9,20H,5,10H2,1-4H3. The molecule has 0 fully saturated rings. The summed E-state index contributed by atoms with van der Waals surface area (Å²) < 4.78 is 32.9. The highest BCUT2D eigenvalue weighted by Gasteiger charge is 2.26. The molecular formula is C19H21NO7S. The largest absolute Gasteiger partial charge is 0.462 e. The number of aryl methyl sites for hydroxylation is 2. The quantitative estimate of drug-likeness (QED) is 0.552. The predicted octanol–water partition coefficient (Wildman–Crippen LogP) is 2.25. The highest BCUT2D eigenvalue weighted by atomic mass is 32.2. The van der Waals surface area contributed by atoms with E-state index in [0.29, 0.717) is 11.4 Å². The lowest BCUT2D eigenvalue weighted by Gasteiger charge is -2.07. The first-order chi connectivity index (χ1) is 13.1. The van der Waals surface area contributed by atoms with Crippen molar-refractivity contribution < 1.29 is 32.3 Å². The molecule has 0 aliphatic heterocycles. The summed E-state index contributed by atoms with van der Waals surface area (Å²) in [6.45, 7) is 4.52. The highest BCUT2D eigenvalue weighted by Crippen LogP contribution is 2.20. The highest BCUT2D eigenvalue weighted by molar-refractivity contribution is 7.90. The molecule has 0 radical (unpaired) electrons. The lowest BCUT2D eigenvalue weighted by atomic mass is 10.1. The molecule has 0 saturated carbocycles. The third kappa shape index (κ3) is 4.66. The van der Waals surface area contributed by atoms with E-state index in [4.69, 9.17) is 9.47 Å². The number of rotatable bonds is 7. The Bertz CT molecular complexity index is 1020. The number of Topliss-reactive ketones (excluding diaryl/α,β-unsaturated/α-hetero) is 1. The molecule has 1 N–H and O–H groups in total. The number of carbonyl (C=O) groups excluding carboxylic acids is 3. The van der Waals surface area contributed by atoms with Crippen LogP contribution in [0.4, 0.5) is 0 Å². The van der Waals surface area contributed by atoms with E-state index in [2.05, 4.69) is 4.98 Å². The summed E-state index contributed by atoms with van der Waals surface area (Å²) >= 11 is 0. The van der Waals surface area contributed by atoms with Gasteiger partial charge in [-0.25, -0.2) is 18.0 Å². The molecule has 9 heteroatoms.